The number of aromatic nitrogens is 5. The molecule has 0 radical (unpaired) electrons. The number of aryl methyl sites for hydroxylation is 1. The summed E-state index contributed by atoms with van der Waals surface area (Å²) < 4.78 is 0. The van der Waals surface area contributed by atoms with Crippen LogP contribution in [0.5, 0.6) is 0 Å². The van der Waals surface area contributed by atoms with Crippen molar-refractivity contribution in [1.29, 1.82) is 5.41 Å². The SMILES string of the molecule is Cc1[nH]c(-c2n[nH]c3ccc(-c4cncc(CNCC5CCCC5)c4)cc23)nc1C(C=N)N1CCCCC1. The van der Waals surface area contributed by atoms with E-state index in [-0.39, 0.29) is 6.04 Å². The molecule has 0 spiro atoms. The third-order valence-electron chi connectivity index (χ3n) is 8.30. The van der Waals surface area contributed by atoms with E-state index in [4.69, 9.17) is 10.4 Å². The van der Waals surface area contributed by atoms with E-state index < -0.39 is 0 Å². The first-order valence-electron chi connectivity index (χ1n) is 14.1. The molecule has 3 aromatic heterocycles. The zero-order valence-electron chi connectivity index (χ0n) is 22.3. The molecule has 1 saturated carbocycles. The largest absolute Gasteiger partial charge is 0.340 e. The molecule has 8 heteroatoms. The van der Waals surface area contributed by atoms with Crippen LogP contribution in [0.25, 0.3) is 33.5 Å². The number of fused-ring (bicyclic) bond motifs is 1. The molecule has 4 heterocycles. The predicted octanol–water partition coefficient (Wildman–Crippen LogP) is 5.78. The summed E-state index contributed by atoms with van der Waals surface area (Å²) in [6.45, 7) is 6.01. The van der Waals surface area contributed by atoms with E-state index in [0.29, 0.717) is 0 Å². The third-order valence-corrected chi connectivity index (χ3v) is 8.30. The van der Waals surface area contributed by atoms with Crippen LogP contribution in [0.15, 0.2) is 36.7 Å². The van der Waals surface area contributed by atoms with E-state index in [1.807, 2.05) is 19.3 Å². The van der Waals surface area contributed by atoms with Crippen LogP contribution >= 0.6 is 0 Å². The topological polar surface area (TPSA) is 109 Å². The number of nitrogens with zero attached hydrogens (tertiary/aromatic N) is 4. The standard InChI is InChI=1S/C30H38N8/c1-20-28(27(15-31)38-11-5-2-6-12-38)35-30(34-20)29-25-14-23(9-10-26(25)36-37-29)24-13-22(18-33-19-24)17-32-16-21-7-3-4-8-21/h9-10,13-15,18-19,21,27,31-32H,2-8,11-12,16-17H2,1H3,(H,34,35)(H,36,37). The molecule has 8 nitrogen and oxygen atoms in total. The van der Waals surface area contributed by atoms with Gasteiger partial charge in [-0.15, -0.1) is 0 Å². The first-order valence-corrected chi connectivity index (χ1v) is 14.1. The Morgan fingerprint density at radius 2 is 1.92 bits per heavy atom. The number of rotatable bonds is 9. The van der Waals surface area contributed by atoms with Crippen molar-refractivity contribution in [3.63, 3.8) is 0 Å². The van der Waals surface area contributed by atoms with Crippen molar-refractivity contribution in [2.75, 3.05) is 19.6 Å². The van der Waals surface area contributed by atoms with Crippen LogP contribution in [0.1, 0.15) is 67.9 Å². The molecule has 2 fully saturated rings. The predicted molar refractivity (Wildman–Crippen MR) is 152 cm³/mol. The smallest absolute Gasteiger partial charge is 0.159 e. The van der Waals surface area contributed by atoms with Gasteiger partial charge in [-0.3, -0.25) is 15.0 Å². The van der Waals surface area contributed by atoms with Crippen molar-refractivity contribution >= 4 is 17.1 Å². The van der Waals surface area contributed by atoms with Crippen LogP contribution in [-0.4, -0.2) is 55.9 Å². The van der Waals surface area contributed by atoms with E-state index in [0.717, 1.165) is 77.0 Å². The molecule has 0 bridgehead atoms. The fourth-order valence-corrected chi connectivity index (χ4v) is 6.18. The van der Waals surface area contributed by atoms with Gasteiger partial charge in [0.25, 0.3) is 0 Å². The van der Waals surface area contributed by atoms with E-state index in [2.05, 4.69) is 54.6 Å². The number of hydrogen-bond acceptors (Lipinski definition) is 6. The van der Waals surface area contributed by atoms with E-state index >= 15 is 0 Å². The fourth-order valence-electron chi connectivity index (χ4n) is 6.18. The molecule has 1 unspecified atom stereocenters. The summed E-state index contributed by atoms with van der Waals surface area (Å²) in [6, 6.07) is 8.51. The number of aromatic amines is 2. The van der Waals surface area contributed by atoms with Gasteiger partial charge in [0.2, 0.25) is 0 Å². The average Bonchev–Trinajstić information content (AvgIpc) is 3.70. The Morgan fingerprint density at radius 3 is 2.74 bits per heavy atom. The number of hydrogen-bond donors (Lipinski definition) is 4. The van der Waals surface area contributed by atoms with Crippen LogP contribution in [0, 0.1) is 18.3 Å². The summed E-state index contributed by atoms with van der Waals surface area (Å²) in [4.78, 5) is 15.4. The van der Waals surface area contributed by atoms with Gasteiger partial charge in [0.15, 0.2) is 5.82 Å². The Hall–Kier alpha value is -3.36. The lowest BCUT2D eigenvalue weighted by Crippen LogP contribution is -2.35. The summed E-state index contributed by atoms with van der Waals surface area (Å²) in [5.74, 6) is 1.57. The van der Waals surface area contributed by atoms with Crippen LogP contribution in [-0.2, 0) is 6.54 Å². The normalized spacial score (nSPS) is 17.8. The Morgan fingerprint density at radius 1 is 1.08 bits per heavy atom. The lowest BCUT2D eigenvalue weighted by Gasteiger charge is -2.31. The van der Waals surface area contributed by atoms with Gasteiger partial charge in [0.05, 0.1) is 17.3 Å². The number of benzene rings is 1. The Balaban J connectivity index is 1.25. The molecule has 1 saturated heterocycles. The third kappa shape index (κ3) is 5.15. The summed E-state index contributed by atoms with van der Waals surface area (Å²) in [5.41, 5.74) is 7.11. The Bertz CT molecular complexity index is 1390. The van der Waals surface area contributed by atoms with Crippen molar-refractivity contribution in [2.24, 2.45) is 5.92 Å². The van der Waals surface area contributed by atoms with Gasteiger partial charge in [0, 0.05) is 41.8 Å². The van der Waals surface area contributed by atoms with E-state index in [9.17, 15) is 0 Å². The second kappa shape index (κ2) is 11.2. The molecular formula is C30H38N8. The van der Waals surface area contributed by atoms with Gasteiger partial charge in [-0.05, 0) is 87.5 Å². The van der Waals surface area contributed by atoms with Gasteiger partial charge in [-0.1, -0.05) is 25.3 Å². The maximum Gasteiger partial charge on any atom is 0.159 e. The first-order chi connectivity index (χ1) is 18.7. The summed E-state index contributed by atoms with van der Waals surface area (Å²) in [7, 11) is 0. The number of piperidine rings is 1. The van der Waals surface area contributed by atoms with Crippen molar-refractivity contribution in [1.82, 2.24) is 35.4 Å². The minimum Gasteiger partial charge on any atom is -0.340 e. The maximum atomic E-state index is 8.12. The van der Waals surface area contributed by atoms with Crippen molar-refractivity contribution in [2.45, 2.75) is 64.5 Å². The number of nitrogens with one attached hydrogen (secondary N) is 4. The highest BCUT2D eigenvalue weighted by atomic mass is 15.2. The molecule has 38 heavy (non-hydrogen) atoms. The monoisotopic (exact) mass is 510 g/mol. The number of pyridine rings is 1. The van der Waals surface area contributed by atoms with Gasteiger partial charge in [0.1, 0.15) is 5.69 Å². The van der Waals surface area contributed by atoms with Gasteiger partial charge in [-0.25, -0.2) is 4.98 Å². The van der Waals surface area contributed by atoms with Crippen molar-refractivity contribution < 1.29 is 0 Å². The summed E-state index contributed by atoms with van der Waals surface area (Å²) in [5, 5.41) is 20.6. The fraction of sp³-hybridized carbons (Fsp3) is 0.467. The van der Waals surface area contributed by atoms with Gasteiger partial charge in [-0.2, -0.15) is 5.10 Å². The molecule has 4 aromatic rings. The Kier molecular flexibility index (Phi) is 7.33. The lowest BCUT2D eigenvalue weighted by atomic mass is 10.0. The van der Waals surface area contributed by atoms with Crippen LogP contribution in [0.4, 0.5) is 0 Å². The zero-order chi connectivity index (χ0) is 25.9. The maximum absolute atomic E-state index is 8.12. The quantitative estimate of drug-likeness (QED) is 0.213. The van der Waals surface area contributed by atoms with E-state index in [1.54, 1.807) is 0 Å². The highest BCUT2D eigenvalue weighted by Gasteiger charge is 2.26. The van der Waals surface area contributed by atoms with E-state index in [1.165, 1.54) is 56.7 Å². The number of H-pyrrole nitrogens is 2. The Labute approximate surface area is 224 Å². The molecule has 1 aliphatic carbocycles. The molecule has 198 valence electrons. The summed E-state index contributed by atoms with van der Waals surface area (Å²) >= 11 is 0. The second-order valence-corrected chi connectivity index (χ2v) is 11.0. The van der Waals surface area contributed by atoms with Crippen molar-refractivity contribution in [3.05, 3.63) is 53.6 Å². The molecule has 0 amide bonds. The second-order valence-electron chi connectivity index (χ2n) is 11.0. The molecule has 4 N–H and O–H groups in total. The molecule has 2 aliphatic rings. The molecule has 1 atom stereocenters. The summed E-state index contributed by atoms with van der Waals surface area (Å²) in [6.07, 6.45) is 14.5. The average molecular weight is 511 g/mol. The highest BCUT2D eigenvalue weighted by molar-refractivity contribution is 5.94. The first kappa shape index (κ1) is 24.9. The number of likely N-dealkylation sites (tertiary alicyclic amines) is 1. The molecular weight excluding hydrogens is 472 g/mol. The van der Waals surface area contributed by atoms with Crippen LogP contribution in [0.3, 0.4) is 0 Å². The van der Waals surface area contributed by atoms with Crippen molar-refractivity contribution in [3.8, 4) is 22.6 Å². The zero-order valence-corrected chi connectivity index (χ0v) is 22.3. The van der Waals surface area contributed by atoms with Gasteiger partial charge >= 0.3 is 0 Å². The van der Waals surface area contributed by atoms with Crippen LogP contribution < -0.4 is 5.32 Å². The van der Waals surface area contributed by atoms with Gasteiger partial charge < -0.3 is 15.7 Å². The molecule has 6 rings (SSSR count). The van der Waals surface area contributed by atoms with Crippen LogP contribution in [0.2, 0.25) is 0 Å². The molecule has 1 aliphatic heterocycles. The minimum absolute atomic E-state index is 0.0999. The molecule has 1 aromatic carbocycles. The highest BCUT2D eigenvalue weighted by Crippen LogP contribution is 2.32. The minimum atomic E-state index is -0.0999. The lowest BCUT2D eigenvalue weighted by molar-refractivity contribution is 0.202. The number of imidazole rings is 1.